The van der Waals surface area contributed by atoms with Crippen LogP contribution in [0.15, 0.2) is 65.6 Å². The number of rotatable bonds is 10. The number of pyridine rings is 1. The van der Waals surface area contributed by atoms with E-state index in [9.17, 15) is 31.5 Å². The fourth-order valence-electron chi connectivity index (χ4n) is 3.29. The van der Waals surface area contributed by atoms with E-state index in [0.717, 1.165) is 12.1 Å². The number of aliphatic hydroxyl groups excluding tert-OH is 1. The maximum atomic E-state index is 12.8. The molecule has 1 aromatic heterocycles. The largest absolute Gasteiger partial charge is 0.573 e. The lowest BCUT2D eigenvalue weighted by Gasteiger charge is -2.16. The predicted molar refractivity (Wildman–Crippen MR) is 127 cm³/mol. The fraction of sp³-hybridized carbons (Fsp3) is 0.292. The standard InChI is InChI=1S/C24H24F3NO7S/c1-3-36(31,32)15-19(29)14-34-21-9-6-18(13-22(21)33-2)28-11-10-17(12-23(28)30)16-4-7-20(8-5-16)35-24(25,26)27/h4-13,19,29H,3,14-15H2,1-2H3/t19-/m0/s1. The Kier molecular flexibility index (Phi) is 8.31. The molecular formula is C24H24F3NO7S. The van der Waals surface area contributed by atoms with E-state index in [4.69, 9.17) is 9.47 Å². The molecule has 0 saturated carbocycles. The lowest BCUT2D eigenvalue weighted by Crippen LogP contribution is -2.28. The van der Waals surface area contributed by atoms with E-state index < -0.39 is 33.6 Å². The molecule has 0 saturated heterocycles. The summed E-state index contributed by atoms with van der Waals surface area (Å²) < 4.78 is 76.3. The van der Waals surface area contributed by atoms with Gasteiger partial charge in [-0.25, -0.2) is 8.42 Å². The van der Waals surface area contributed by atoms with Crippen LogP contribution < -0.4 is 19.8 Å². The minimum Gasteiger partial charge on any atom is -0.493 e. The van der Waals surface area contributed by atoms with Crippen LogP contribution in [0.3, 0.4) is 0 Å². The molecule has 0 bridgehead atoms. The van der Waals surface area contributed by atoms with Crippen molar-refractivity contribution >= 4 is 9.84 Å². The van der Waals surface area contributed by atoms with Gasteiger partial charge in [0.1, 0.15) is 18.5 Å². The lowest BCUT2D eigenvalue weighted by molar-refractivity contribution is -0.274. The Hall–Kier alpha value is -3.51. The van der Waals surface area contributed by atoms with Gasteiger partial charge in [0, 0.05) is 24.1 Å². The van der Waals surface area contributed by atoms with Crippen molar-refractivity contribution in [1.29, 1.82) is 0 Å². The normalized spacial score (nSPS) is 12.7. The highest BCUT2D eigenvalue weighted by molar-refractivity contribution is 7.91. The first-order valence-electron chi connectivity index (χ1n) is 10.7. The zero-order valence-electron chi connectivity index (χ0n) is 19.4. The molecule has 0 aliphatic rings. The average molecular weight is 528 g/mol. The smallest absolute Gasteiger partial charge is 0.493 e. The van der Waals surface area contributed by atoms with Crippen LogP contribution in [0.25, 0.3) is 16.8 Å². The third-order valence-electron chi connectivity index (χ3n) is 5.08. The van der Waals surface area contributed by atoms with E-state index in [-0.39, 0.29) is 29.6 Å². The fourth-order valence-corrected chi connectivity index (χ4v) is 4.21. The number of sulfone groups is 1. The molecule has 1 N–H and O–H groups in total. The predicted octanol–water partition coefficient (Wildman–Crippen LogP) is 3.59. The number of hydrogen-bond acceptors (Lipinski definition) is 7. The highest BCUT2D eigenvalue weighted by Crippen LogP contribution is 2.30. The van der Waals surface area contributed by atoms with Crippen molar-refractivity contribution in [3.8, 4) is 34.1 Å². The van der Waals surface area contributed by atoms with E-state index in [1.165, 1.54) is 55.1 Å². The van der Waals surface area contributed by atoms with Gasteiger partial charge in [-0.2, -0.15) is 0 Å². The molecule has 194 valence electrons. The molecule has 0 fully saturated rings. The number of benzene rings is 2. The molecule has 12 heteroatoms. The van der Waals surface area contributed by atoms with Gasteiger partial charge >= 0.3 is 6.36 Å². The highest BCUT2D eigenvalue weighted by atomic mass is 32.2. The molecule has 2 aromatic carbocycles. The van der Waals surface area contributed by atoms with Gasteiger partial charge in [-0.3, -0.25) is 9.36 Å². The number of aliphatic hydroxyl groups is 1. The quantitative estimate of drug-likeness (QED) is 0.430. The van der Waals surface area contributed by atoms with E-state index in [0.29, 0.717) is 16.8 Å². The summed E-state index contributed by atoms with van der Waals surface area (Å²) in [7, 11) is -1.98. The number of hydrogen-bond donors (Lipinski definition) is 1. The van der Waals surface area contributed by atoms with Gasteiger partial charge in [-0.15, -0.1) is 13.2 Å². The zero-order valence-corrected chi connectivity index (χ0v) is 20.2. The Bertz CT molecular complexity index is 1350. The Morgan fingerprint density at radius 3 is 2.28 bits per heavy atom. The van der Waals surface area contributed by atoms with Crippen molar-refractivity contribution in [2.45, 2.75) is 19.4 Å². The van der Waals surface area contributed by atoms with Crippen LogP contribution >= 0.6 is 0 Å². The Labute approximate surface area is 205 Å². The SMILES string of the molecule is CCS(=O)(=O)C[C@@H](O)COc1ccc(-n2ccc(-c3ccc(OC(F)(F)F)cc3)cc2=O)cc1OC. The summed E-state index contributed by atoms with van der Waals surface area (Å²) in [6.45, 7) is 1.22. The number of aromatic nitrogens is 1. The zero-order chi connectivity index (χ0) is 26.5. The van der Waals surface area contributed by atoms with Crippen LogP contribution in [0.1, 0.15) is 6.92 Å². The van der Waals surface area contributed by atoms with Crippen LogP contribution in [0.5, 0.6) is 17.2 Å². The summed E-state index contributed by atoms with van der Waals surface area (Å²) in [5.41, 5.74) is 1.06. The van der Waals surface area contributed by atoms with Crippen molar-refractivity contribution in [3.63, 3.8) is 0 Å². The number of alkyl halides is 3. The summed E-state index contributed by atoms with van der Waals surface area (Å²) in [6, 6.07) is 12.7. The molecular weight excluding hydrogens is 503 g/mol. The molecule has 0 radical (unpaired) electrons. The van der Waals surface area contributed by atoms with E-state index in [2.05, 4.69) is 4.74 Å². The molecule has 8 nitrogen and oxygen atoms in total. The molecule has 3 rings (SSSR count). The molecule has 0 aliphatic heterocycles. The topological polar surface area (TPSA) is 104 Å². The third kappa shape index (κ3) is 7.25. The van der Waals surface area contributed by atoms with E-state index in [1.54, 1.807) is 12.1 Å². The minimum absolute atomic E-state index is 0.0899. The summed E-state index contributed by atoms with van der Waals surface area (Å²) in [6.07, 6.45) is -4.51. The van der Waals surface area contributed by atoms with Crippen LogP contribution in [0.2, 0.25) is 0 Å². The second-order valence-corrected chi connectivity index (χ2v) is 10.1. The summed E-state index contributed by atoms with van der Waals surface area (Å²) >= 11 is 0. The van der Waals surface area contributed by atoms with Gasteiger partial charge in [0.15, 0.2) is 21.3 Å². The third-order valence-corrected chi connectivity index (χ3v) is 6.86. The maximum Gasteiger partial charge on any atom is 0.573 e. The molecule has 1 atom stereocenters. The first-order chi connectivity index (χ1) is 16.9. The monoisotopic (exact) mass is 527 g/mol. The maximum absolute atomic E-state index is 12.8. The number of nitrogens with zero attached hydrogens (tertiary/aromatic N) is 1. The van der Waals surface area contributed by atoms with Crippen LogP contribution in [0, 0.1) is 0 Å². The second-order valence-electron chi connectivity index (χ2n) is 7.69. The number of halogens is 3. The lowest BCUT2D eigenvalue weighted by atomic mass is 10.1. The van der Waals surface area contributed by atoms with Crippen molar-refractivity contribution in [2.75, 3.05) is 25.2 Å². The van der Waals surface area contributed by atoms with Gasteiger partial charge in [0.05, 0.1) is 18.6 Å². The molecule has 0 spiro atoms. The van der Waals surface area contributed by atoms with Gasteiger partial charge in [0.25, 0.3) is 5.56 Å². The molecule has 36 heavy (non-hydrogen) atoms. The van der Waals surface area contributed by atoms with Crippen molar-refractivity contribution in [2.24, 2.45) is 0 Å². The Morgan fingerprint density at radius 2 is 1.69 bits per heavy atom. The minimum atomic E-state index is -4.79. The Morgan fingerprint density at radius 1 is 1.00 bits per heavy atom. The van der Waals surface area contributed by atoms with Crippen molar-refractivity contribution < 1.29 is 40.9 Å². The second kappa shape index (κ2) is 11.0. The van der Waals surface area contributed by atoms with Crippen LogP contribution in [-0.2, 0) is 9.84 Å². The van der Waals surface area contributed by atoms with E-state index in [1.807, 2.05) is 0 Å². The summed E-state index contributed by atoms with van der Waals surface area (Å²) in [4.78, 5) is 12.8. The van der Waals surface area contributed by atoms with Gasteiger partial charge < -0.3 is 19.3 Å². The van der Waals surface area contributed by atoms with Crippen molar-refractivity contribution in [3.05, 3.63) is 71.1 Å². The van der Waals surface area contributed by atoms with Crippen LogP contribution in [-0.4, -0.2) is 55.8 Å². The van der Waals surface area contributed by atoms with Gasteiger partial charge in [-0.1, -0.05) is 19.1 Å². The molecule has 3 aromatic rings. The number of ether oxygens (including phenoxy) is 3. The molecule has 0 amide bonds. The first kappa shape index (κ1) is 27.1. The van der Waals surface area contributed by atoms with Gasteiger partial charge in [-0.05, 0) is 41.5 Å². The highest BCUT2D eigenvalue weighted by Gasteiger charge is 2.31. The van der Waals surface area contributed by atoms with E-state index >= 15 is 0 Å². The van der Waals surface area contributed by atoms with Crippen molar-refractivity contribution in [1.82, 2.24) is 4.57 Å². The molecule has 0 aliphatic carbocycles. The average Bonchev–Trinajstić information content (AvgIpc) is 2.82. The summed E-state index contributed by atoms with van der Waals surface area (Å²) in [5, 5.41) is 9.95. The van der Waals surface area contributed by atoms with Crippen LogP contribution in [0.4, 0.5) is 13.2 Å². The van der Waals surface area contributed by atoms with Gasteiger partial charge in [0.2, 0.25) is 0 Å². The summed E-state index contributed by atoms with van der Waals surface area (Å²) in [5.74, 6) is -0.375. The first-order valence-corrected chi connectivity index (χ1v) is 12.5. The Balaban J connectivity index is 1.77. The molecule has 1 heterocycles. The number of methoxy groups -OCH3 is 1. The molecule has 0 unspecified atom stereocenters.